The second kappa shape index (κ2) is 7.56. The van der Waals surface area contributed by atoms with Crippen LogP contribution >= 0.6 is 11.3 Å². The van der Waals surface area contributed by atoms with Gasteiger partial charge in [-0.15, -0.1) is 11.3 Å². The molecule has 116 valence electrons. The van der Waals surface area contributed by atoms with Crippen molar-refractivity contribution in [3.63, 3.8) is 0 Å². The average molecular weight is 324 g/mol. The van der Waals surface area contributed by atoms with Gasteiger partial charge in [0.1, 0.15) is 5.75 Å². The molecule has 3 aromatic rings. The Hall–Kier alpha value is -2.66. The van der Waals surface area contributed by atoms with Crippen molar-refractivity contribution in [2.24, 2.45) is 0 Å². The lowest BCUT2D eigenvalue weighted by molar-refractivity contribution is -0.123. The Balaban J connectivity index is 1.52. The maximum atomic E-state index is 11.8. The van der Waals surface area contributed by atoms with Crippen LogP contribution in [0.1, 0.15) is 5.56 Å². The first-order chi connectivity index (χ1) is 11.3. The number of hydrogen-bond acceptors (Lipinski definition) is 4. The van der Waals surface area contributed by atoms with Gasteiger partial charge in [0.25, 0.3) is 5.91 Å². The van der Waals surface area contributed by atoms with E-state index in [1.54, 1.807) is 17.5 Å². The predicted octanol–water partition coefficient (Wildman–Crippen LogP) is 3.51. The first kappa shape index (κ1) is 15.2. The van der Waals surface area contributed by atoms with Crippen LogP contribution in [0.25, 0.3) is 10.4 Å². The highest BCUT2D eigenvalue weighted by atomic mass is 32.1. The predicted molar refractivity (Wildman–Crippen MR) is 91.3 cm³/mol. The number of nitrogens with zero attached hydrogens (tertiary/aromatic N) is 1. The number of carbonyl (C=O) groups is 1. The Morgan fingerprint density at radius 2 is 2.00 bits per heavy atom. The number of pyridine rings is 1. The van der Waals surface area contributed by atoms with Crippen LogP contribution in [0.3, 0.4) is 0 Å². The minimum absolute atomic E-state index is 0.00204. The van der Waals surface area contributed by atoms with Gasteiger partial charge in [-0.1, -0.05) is 24.3 Å². The highest BCUT2D eigenvalue weighted by Crippen LogP contribution is 2.24. The molecule has 0 atom stereocenters. The fourth-order valence-corrected chi connectivity index (χ4v) is 2.79. The summed E-state index contributed by atoms with van der Waals surface area (Å²) in [5.41, 5.74) is 2.02. The summed E-state index contributed by atoms with van der Waals surface area (Å²) in [6.45, 7) is 0.436. The second-order valence-electron chi connectivity index (χ2n) is 4.94. The molecular formula is C18H16N2O2S. The summed E-state index contributed by atoms with van der Waals surface area (Å²) in [6, 6.07) is 15.4. The number of thiophene rings is 1. The standard InChI is InChI=1S/C18H16N2O2S/c21-18(13-22-16-5-2-1-3-6-16)20-11-14-9-15(12-19-10-14)17-7-4-8-23-17/h1-10,12H,11,13H2,(H,20,21). The van der Waals surface area contributed by atoms with Gasteiger partial charge in [0.15, 0.2) is 6.61 Å². The summed E-state index contributed by atoms with van der Waals surface area (Å²) in [7, 11) is 0. The summed E-state index contributed by atoms with van der Waals surface area (Å²) < 4.78 is 5.41. The van der Waals surface area contributed by atoms with Gasteiger partial charge < -0.3 is 10.1 Å². The van der Waals surface area contributed by atoms with E-state index in [0.29, 0.717) is 12.3 Å². The van der Waals surface area contributed by atoms with Gasteiger partial charge in [-0.05, 0) is 35.2 Å². The molecule has 0 saturated carbocycles. The Bertz CT molecular complexity index is 758. The van der Waals surface area contributed by atoms with E-state index in [1.807, 2.05) is 54.0 Å². The summed E-state index contributed by atoms with van der Waals surface area (Å²) >= 11 is 1.67. The number of amides is 1. The zero-order chi connectivity index (χ0) is 15.9. The lowest BCUT2D eigenvalue weighted by Gasteiger charge is -2.08. The molecule has 3 rings (SSSR count). The van der Waals surface area contributed by atoms with Crippen molar-refractivity contribution in [2.45, 2.75) is 6.54 Å². The van der Waals surface area contributed by atoms with E-state index in [1.165, 1.54) is 0 Å². The Labute approximate surface area is 138 Å². The van der Waals surface area contributed by atoms with E-state index in [9.17, 15) is 4.79 Å². The van der Waals surface area contributed by atoms with Gasteiger partial charge in [-0.2, -0.15) is 0 Å². The van der Waals surface area contributed by atoms with Crippen LogP contribution in [0, 0.1) is 0 Å². The zero-order valence-electron chi connectivity index (χ0n) is 12.4. The molecule has 1 aromatic carbocycles. The number of para-hydroxylation sites is 1. The van der Waals surface area contributed by atoms with Crippen LogP contribution in [0.4, 0.5) is 0 Å². The van der Waals surface area contributed by atoms with E-state index in [4.69, 9.17) is 4.74 Å². The van der Waals surface area contributed by atoms with Crippen molar-refractivity contribution in [3.8, 4) is 16.2 Å². The third kappa shape index (κ3) is 4.40. The number of hydrogen-bond donors (Lipinski definition) is 1. The summed E-state index contributed by atoms with van der Waals surface area (Å²) in [4.78, 5) is 17.2. The molecule has 0 unspecified atom stereocenters. The van der Waals surface area contributed by atoms with E-state index in [0.717, 1.165) is 16.0 Å². The van der Waals surface area contributed by atoms with E-state index in [2.05, 4.69) is 16.4 Å². The Morgan fingerprint density at radius 3 is 2.78 bits per heavy atom. The fraction of sp³-hybridized carbons (Fsp3) is 0.111. The summed E-state index contributed by atoms with van der Waals surface area (Å²) in [5.74, 6) is 0.527. The zero-order valence-corrected chi connectivity index (χ0v) is 13.3. The fourth-order valence-electron chi connectivity index (χ4n) is 2.08. The quantitative estimate of drug-likeness (QED) is 0.755. The minimum atomic E-state index is -0.157. The van der Waals surface area contributed by atoms with Crippen LogP contribution in [0.2, 0.25) is 0 Å². The third-order valence-corrected chi connectivity index (χ3v) is 4.12. The largest absolute Gasteiger partial charge is 0.484 e. The molecule has 0 aliphatic rings. The van der Waals surface area contributed by atoms with Crippen LogP contribution < -0.4 is 10.1 Å². The molecule has 2 heterocycles. The topological polar surface area (TPSA) is 51.2 Å². The van der Waals surface area contributed by atoms with Gasteiger partial charge in [-0.3, -0.25) is 9.78 Å². The van der Waals surface area contributed by atoms with Gasteiger partial charge in [0, 0.05) is 29.4 Å². The van der Waals surface area contributed by atoms with Crippen molar-refractivity contribution in [1.29, 1.82) is 0 Å². The van der Waals surface area contributed by atoms with Crippen LogP contribution in [-0.4, -0.2) is 17.5 Å². The lowest BCUT2D eigenvalue weighted by Crippen LogP contribution is -2.28. The second-order valence-corrected chi connectivity index (χ2v) is 5.89. The molecule has 5 heteroatoms. The van der Waals surface area contributed by atoms with E-state index in [-0.39, 0.29) is 12.5 Å². The van der Waals surface area contributed by atoms with Crippen molar-refractivity contribution >= 4 is 17.2 Å². The molecule has 0 spiro atoms. The SMILES string of the molecule is O=C(COc1ccccc1)NCc1cncc(-c2cccs2)c1. The number of carbonyl (C=O) groups excluding carboxylic acids is 1. The van der Waals surface area contributed by atoms with Gasteiger partial charge in [0.05, 0.1) is 0 Å². The van der Waals surface area contributed by atoms with Crippen molar-refractivity contribution in [2.75, 3.05) is 6.61 Å². The summed E-state index contributed by atoms with van der Waals surface area (Å²) in [5, 5.41) is 4.87. The van der Waals surface area contributed by atoms with Gasteiger partial charge >= 0.3 is 0 Å². The monoisotopic (exact) mass is 324 g/mol. The summed E-state index contributed by atoms with van der Waals surface area (Å²) in [6.07, 6.45) is 3.59. The third-order valence-electron chi connectivity index (χ3n) is 3.20. The molecule has 23 heavy (non-hydrogen) atoms. The van der Waals surface area contributed by atoms with Crippen LogP contribution in [-0.2, 0) is 11.3 Å². The lowest BCUT2D eigenvalue weighted by atomic mass is 10.2. The minimum Gasteiger partial charge on any atom is -0.484 e. The number of ether oxygens (including phenoxy) is 1. The van der Waals surface area contributed by atoms with Crippen molar-refractivity contribution < 1.29 is 9.53 Å². The van der Waals surface area contributed by atoms with Gasteiger partial charge in [-0.25, -0.2) is 0 Å². The number of rotatable bonds is 6. The number of aromatic nitrogens is 1. The highest BCUT2D eigenvalue weighted by Gasteiger charge is 2.05. The number of benzene rings is 1. The molecule has 0 fully saturated rings. The Kier molecular flexibility index (Phi) is 5.01. The van der Waals surface area contributed by atoms with Crippen LogP contribution in [0.15, 0.2) is 66.3 Å². The molecule has 2 aromatic heterocycles. The maximum absolute atomic E-state index is 11.8. The average Bonchev–Trinajstić information content (AvgIpc) is 3.14. The van der Waals surface area contributed by atoms with E-state index >= 15 is 0 Å². The molecule has 0 bridgehead atoms. The molecule has 4 nitrogen and oxygen atoms in total. The molecule has 0 saturated heterocycles. The smallest absolute Gasteiger partial charge is 0.258 e. The molecule has 0 radical (unpaired) electrons. The molecule has 1 amide bonds. The normalized spacial score (nSPS) is 10.3. The highest BCUT2D eigenvalue weighted by molar-refractivity contribution is 7.13. The first-order valence-corrected chi connectivity index (χ1v) is 8.11. The van der Waals surface area contributed by atoms with E-state index < -0.39 is 0 Å². The molecule has 1 N–H and O–H groups in total. The molecular weight excluding hydrogens is 308 g/mol. The van der Waals surface area contributed by atoms with Crippen LogP contribution in [0.5, 0.6) is 5.75 Å². The molecule has 0 aliphatic heterocycles. The number of nitrogens with one attached hydrogen (secondary N) is 1. The van der Waals surface area contributed by atoms with Crippen molar-refractivity contribution in [1.82, 2.24) is 10.3 Å². The molecule has 0 aliphatic carbocycles. The van der Waals surface area contributed by atoms with Gasteiger partial charge in [0.2, 0.25) is 0 Å². The first-order valence-electron chi connectivity index (χ1n) is 7.23. The Morgan fingerprint density at radius 1 is 1.13 bits per heavy atom. The van der Waals surface area contributed by atoms with Crippen molar-refractivity contribution in [3.05, 3.63) is 71.9 Å². The maximum Gasteiger partial charge on any atom is 0.258 e.